The van der Waals surface area contributed by atoms with E-state index in [1.54, 1.807) is 0 Å². The second kappa shape index (κ2) is 8.67. The number of ether oxygens (including phenoxy) is 2. The van der Waals surface area contributed by atoms with Crippen LogP contribution in [0.3, 0.4) is 0 Å². The Morgan fingerprint density at radius 1 is 0.667 bits per heavy atom. The average molecular weight is 442 g/mol. The van der Waals surface area contributed by atoms with Gasteiger partial charge >= 0.3 is 24.3 Å². The molecule has 0 aliphatic rings. The Morgan fingerprint density at radius 3 is 1.30 bits per heavy atom. The second-order valence-corrected chi connectivity index (χ2v) is 5.72. The number of halogens is 8. The van der Waals surface area contributed by atoms with E-state index < -0.39 is 71.4 Å². The van der Waals surface area contributed by atoms with Crippen molar-refractivity contribution >= 4 is 11.9 Å². The van der Waals surface area contributed by atoms with Crippen LogP contribution in [0.15, 0.2) is 36.4 Å². The van der Waals surface area contributed by atoms with Crippen LogP contribution in [0.1, 0.15) is 24.0 Å². The highest BCUT2D eigenvalue weighted by Gasteiger charge is 2.36. The molecular formula is C18H10F8O4. The molecule has 0 unspecified atom stereocenters. The van der Waals surface area contributed by atoms with E-state index in [4.69, 9.17) is 0 Å². The van der Waals surface area contributed by atoms with Crippen LogP contribution in [0.25, 0.3) is 0 Å². The van der Waals surface area contributed by atoms with Crippen molar-refractivity contribution in [1.29, 1.82) is 0 Å². The van der Waals surface area contributed by atoms with E-state index in [1.165, 1.54) is 0 Å². The molecule has 2 aromatic rings. The SMILES string of the molecule is O=C(CCC(=O)Oc1ccc(F)cc1C(F)(F)F)Oc1ccc(F)cc1C(F)(F)F. The Morgan fingerprint density at radius 2 is 1.00 bits per heavy atom. The van der Waals surface area contributed by atoms with E-state index in [9.17, 15) is 44.7 Å². The minimum atomic E-state index is -5.03. The second-order valence-electron chi connectivity index (χ2n) is 5.72. The van der Waals surface area contributed by atoms with Crippen LogP contribution >= 0.6 is 0 Å². The van der Waals surface area contributed by atoms with E-state index >= 15 is 0 Å². The maximum Gasteiger partial charge on any atom is 0.420 e. The van der Waals surface area contributed by atoms with Gasteiger partial charge in [-0.25, -0.2) is 8.78 Å². The molecule has 0 aromatic heterocycles. The van der Waals surface area contributed by atoms with Crippen molar-refractivity contribution in [3.05, 3.63) is 59.2 Å². The molecule has 2 rings (SSSR count). The van der Waals surface area contributed by atoms with Gasteiger partial charge in [0.2, 0.25) is 0 Å². The van der Waals surface area contributed by atoms with E-state index in [2.05, 4.69) is 9.47 Å². The number of carbonyl (C=O) groups excluding carboxylic acids is 2. The summed E-state index contributed by atoms with van der Waals surface area (Å²) in [4.78, 5) is 23.4. The van der Waals surface area contributed by atoms with E-state index in [0.29, 0.717) is 24.3 Å². The predicted octanol–water partition coefficient (Wildman–Crippen LogP) is 5.29. The van der Waals surface area contributed by atoms with Crippen molar-refractivity contribution < 1.29 is 54.2 Å². The molecule has 0 saturated carbocycles. The van der Waals surface area contributed by atoms with Gasteiger partial charge in [0, 0.05) is 0 Å². The number of esters is 2. The van der Waals surface area contributed by atoms with Gasteiger partial charge in [-0.3, -0.25) is 9.59 Å². The molecule has 0 spiro atoms. The minimum Gasteiger partial charge on any atom is -0.426 e. The maximum atomic E-state index is 13.0. The van der Waals surface area contributed by atoms with Crippen LogP contribution in [0, 0.1) is 11.6 Å². The van der Waals surface area contributed by atoms with Crippen molar-refractivity contribution in [2.75, 3.05) is 0 Å². The maximum absolute atomic E-state index is 13.0. The molecule has 162 valence electrons. The zero-order valence-corrected chi connectivity index (χ0v) is 14.5. The molecule has 0 aliphatic heterocycles. The smallest absolute Gasteiger partial charge is 0.420 e. The normalized spacial score (nSPS) is 11.9. The molecule has 0 saturated heterocycles. The summed E-state index contributed by atoms with van der Waals surface area (Å²) in [6.45, 7) is 0. The van der Waals surface area contributed by atoms with Gasteiger partial charge in [-0.2, -0.15) is 26.3 Å². The highest BCUT2D eigenvalue weighted by molar-refractivity contribution is 5.80. The zero-order valence-electron chi connectivity index (χ0n) is 14.5. The number of hydrogen-bond donors (Lipinski definition) is 0. The lowest BCUT2D eigenvalue weighted by molar-refractivity contribution is -0.146. The van der Waals surface area contributed by atoms with Gasteiger partial charge in [0.05, 0.1) is 12.8 Å². The van der Waals surface area contributed by atoms with Crippen LogP contribution in [0.5, 0.6) is 11.5 Å². The Balaban J connectivity index is 2.03. The molecule has 4 nitrogen and oxygen atoms in total. The quantitative estimate of drug-likeness (QED) is 0.359. The Hall–Kier alpha value is -3.18. The first-order chi connectivity index (χ1) is 13.8. The van der Waals surface area contributed by atoms with Crippen molar-refractivity contribution in [3.8, 4) is 11.5 Å². The topological polar surface area (TPSA) is 52.6 Å². The molecular weight excluding hydrogens is 432 g/mol. The van der Waals surface area contributed by atoms with Crippen molar-refractivity contribution in [2.45, 2.75) is 25.2 Å². The number of alkyl halides is 6. The summed E-state index contributed by atoms with van der Waals surface area (Å²) >= 11 is 0. The highest BCUT2D eigenvalue weighted by Crippen LogP contribution is 2.38. The summed E-state index contributed by atoms with van der Waals surface area (Å²) in [5, 5.41) is 0. The summed E-state index contributed by atoms with van der Waals surface area (Å²) in [5.74, 6) is -7.19. The van der Waals surface area contributed by atoms with Crippen molar-refractivity contribution in [2.24, 2.45) is 0 Å². The van der Waals surface area contributed by atoms with Gasteiger partial charge in [0.25, 0.3) is 0 Å². The minimum absolute atomic E-state index is 0.101. The number of rotatable bonds is 5. The van der Waals surface area contributed by atoms with Crippen LogP contribution in [-0.2, 0) is 21.9 Å². The zero-order chi connectivity index (χ0) is 22.7. The van der Waals surface area contributed by atoms with Crippen LogP contribution in [0.4, 0.5) is 35.1 Å². The molecule has 0 amide bonds. The monoisotopic (exact) mass is 442 g/mol. The molecule has 0 bridgehead atoms. The van der Waals surface area contributed by atoms with Gasteiger partial charge in [-0.05, 0) is 36.4 Å². The number of carbonyl (C=O) groups is 2. The fraction of sp³-hybridized carbons (Fsp3) is 0.222. The largest absolute Gasteiger partial charge is 0.426 e. The third kappa shape index (κ3) is 6.16. The molecule has 30 heavy (non-hydrogen) atoms. The first-order valence-electron chi connectivity index (χ1n) is 7.92. The van der Waals surface area contributed by atoms with E-state index in [1.807, 2.05) is 0 Å². The third-order valence-electron chi connectivity index (χ3n) is 3.47. The molecule has 0 aliphatic carbocycles. The molecule has 0 heterocycles. The Labute approximate surface area is 163 Å². The standard InChI is InChI=1S/C18H10F8O4/c19-9-1-3-13(11(7-9)17(21,22)23)29-15(27)5-6-16(28)30-14-4-2-10(20)8-12(14)18(24,25)26/h1-4,7-8H,5-6H2. The fourth-order valence-electron chi connectivity index (χ4n) is 2.18. The molecule has 0 N–H and O–H groups in total. The van der Waals surface area contributed by atoms with Crippen molar-refractivity contribution in [1.82, 2.24) is 0 Å². The first-order valence-corrected chi connectivity index (χ1v) is 7.92. The molecule has 0 atom stereocenters. The summed E-state index contributed by atoms with van der Waals surface area (Å²) in [5.41, 5.74) is -3.14. The van der Waals surface area contributed by atoms with Gasteiger partial charge in [-0.15, -0.1) is 0 Å². The van der Waals surface area contributed by atoms with Crippen LogP contribution in [0.2, 0.25) is 0 Å². The van der Waals surface area contributed by atoms with E-state index in [0.717, 1.165) is 0 Å². The Bertz CT molecular complexity index is 873. The lowest BCUT2D eigenvalue weighted by Gasteiger charge is -2.13. The molecule has 0 radical (unpaired) electrons. The Kier molecular flexibility index (Phi) is 6.68. The van der Waals surface area contributed by atoms with Crippen LogP contribution in [-0.4, -0.2) is 11.9 Å². The summed E-state index contributed by atoms with van der Waals surface area (Å²) in [6, 6.07) is 2.54. The van der Waals surface area contributed by atoms with Crippen LogP contribution < -0.4 is 9.47 Å². The summed E-state index contributed by atoms with van der Waals surface area (Å²) in [7, 11) is 0. The number of benzene rings is 2. The molecule has 0 fully saturated rings. The fourth-order valence-corrected chi connectivity index (χ4v) is 2.18. The lowest BCUT2D eigenvalue weighted by atomic mass is 10.2. The average Bonchev–Trinajstić information content (AvgIpc) is 2.61. The van der Waals surface area contributed by atoms with Gasteiger partial charge in [0.1, 0.15) is 34.3 Å². The van der Waals surface area contributed by atoms with Gasteiger partial charge in [0.15, 0.2) is 0 Å². The first kappa shape index (κ1) is 23.1. The van der Waals surface area contributed by atoms with Crippen molar-refractivity contribution in [3.63, 3.8) is 0 Å². The number of hydrogen-bond acceptors (Lipinski definition) is 4. The summed E-state index contributed by atoms with van der Waals surface area (Å²) < 4.78 is 112. The van der Waals surface area contributed by atoms with Gasteiger partial charge < -0.3 is 9.47 Å². The molecule has 2 aromatic carbocycles. The molecule has 12 heteroatoms. The third-order valence-corrected chi connectivity index (χ3v) is 3.47. The lowest BCUT2D eigenvalue weighted by Crippen LogP contribution is -2.17. The highest BCUT2D eigenvalue weighted by atomic mass is 19.4. The van der Waals surface area contributed by atoms with E-state index in [-0.39, 0.29) is 12.1 Å². The summed E-state index contributed by atoms with van der Waals surface area (Å²) in [6.07, 6.45) is -11.8. The predicted molar refractivity (Wildman–Crippen MR) is 83.3 cm³/mol. The van der Waals surface area contributed by atoms with Gasteiger partial charge in [-0.1, -0.05) is 0 Å².